The molecular weight excluding hydrogens is 420 g/mol. The molecule has 1 aliphatic rings. The molecule has 4 rings (SSSR count). The summed E-state index contributed by atoms with van der Waals surface area (Å²) < 4.78 is 34.9. The summed E-state index contributed by atoms with van der Waals surface area (Å²) >= 11 is 0. The van der Waals surface area contributed by atoms with Gasteiger partial charge in [0, 0.05) is 11.6 Å². The molecule has 11 heteroatoms. The molecule has 0 spiro atoms. The van der Waals surface area contributed by atoms with Crippen LogP contribution < -0.4 is 26.0 Å². The predicted molar refractivity (Wildman–Crippen MR) is 116 cm³/mol. The fraction of sp³-hybridized carbons (Fsp3) is 0.238. The second-order valence-corrected chi connectivity index (χ2v) is 7.38. The highest BCUT2D eigenvalue weighted by molar-refractivity contribution is 5.87. The van der Waals surface area contributed by atoms with Gasteiger partial charge in [0.2, 0.25) is 5.95 Å². The largest absolute Gasteiger partial charge is 0.486 e. The summed E-state index contributed by atoms with van der Waals surface area (Å²) in [6.45, 7) is 4.95. The summed E-state index contributed by atoms with van der Waals surface area (Å²) in [6, 6.07) is 5.39. The zero-order valence-corrected chi connectivity index (χ0v) is 17.4. The molecule has 9 nitrogen and oxygen atoms in total. The monoisotopic (exact) mass is 441 g/mol. The number of carbonyl (C=O) groups is 1. The van der Waals surface area contributed by atoms with Crippen LogP contribution >= 0.6 is 0 Å². The van der Waals surface area contributed by atoms with Crippen LogP contribution in [-0.4, -0.2) is 40.2 Å². The molecule has 0 aliphatic carbocycles. The molecule has 1 aromatic carbocycles. The van der Waals surface area contributed by atoms with Gasteiger partial charge >= 0.3 is 6.03 Å². The van der Waals surface area contributed by atoms with Crippen molar-refractivity contribution in [3.05, 3.63) is 48.3 Å². The van der Waals surface area contributed by atoms with Gasteiger partial charge < -0.3 is 26.0 Å². The molecule has 2 aromatic heterocycles. The van der Waals surface area contributed by atoms with Crippen molar-refractivity contribution in [3.63, 3.8) is 0 Å². The lowest BCUT2D eigenvalue weighted by molar-refractivity contribution is 0.259. The van der Waals surface area contributed by atoms with Crippen LogP contribution in [0.25, 0.3) is 11.3 Å². The lowest BCUT2D eigenvalue weighted by Crippen LogP contribution is -2.38. The number of aromatic nitrogens is 3. The van der Waals surface area contributed by atoms with Crippen molar-refractivity contribution in [2.24, 2.45) is 5.73 Å². The summed E-state index contributed by atoms with van der Waals surface area (Å²) in [5.74, 6) is -0.713. The Morgan fingerprint density at radius 1 is 1.19 bits per heavy atom. The van der Waals surface area contributed by atoms with Crippen molar-refractivity contribution in [1.29, 1.82) is 0 Å². The van der Waals surface area contributed by atoms with Gasteiger partial charge in [0.05, 0.1) is 30.3 Å². The van der Waals surface area contributed by atoms with Crippen LogP contribution in [0, 0.1) is 11.6 Å². The van der Waals surface area contributed by atoms with Crippen LogP contribution in [0.1, 0.15) is 13.8 Å². The molecule has 0 unspecified atom stereocenters. The number of carbonyl (C=O) groups excluding carboxylic acids is 1. The standard InChI is InChI=1S/C21H21F2N7O2/c1-11(2)30-5-6-32-19-14(22)7-12(8-16(19)30)18-15(23)10-26-21(29-18)28-17-4-3-13(9-25-17)27-20(24)31/h3-4,7-11H,5-6H2,1-2H3,(H3,24,27,31)(H,25,26,28,29). The van der Waals surface area contributed by atoms with Gasteiger partial charge in [-0.05, 0) is 38.1 Å². The second-order valence-electron chi connectivity index (χ2n) is 7.38. The molecule has 3 heterocycles. The van der Waals surface area contributed by atoms with Crippen molar-refractivity contribution < 1.29 is 18.3 Å². The van der Waals surface area contributed by atoms with Crippen LogP contribution in [0.4, 0.5) is 36.7 Å². The number of nitrogens with zero attached hydrogens (tertiary/aromatic N) is 4. The second kappa shape index (κ2) is 8.61. The Balaban J connectivity index is 1.65. The number of nitrogens with one attached hydrogen (secondary N) is 2. The molecule has 166 valence electrons. The average molecular weight is 441 g/mol. The molecule has 3 aromatic rings. The first kappa shape index (κ1) is 21.2. The van der Waals surface area contributed by atoms with E-state index >= 15 is 0 Å². The van der Waals surface area contributed by atoms with Crippen LogP contribution in [0.3, 0.4) is 0 Å². The number of rotatable bonds is 5. The molecule has 0 fully saturated rings. The predicted octanol–water partition coefficient (Wildman–Crippen LogP) is 3.66. The van der Waals surface area contributed by atoms with E-state index in [4.69, 9.17) is 10.5 Å². The molecular formula is C21H21F2N7O2. The van der Waals surface area contributed by atoms with Crippen molar-refractivity contribution in [2.75, 3.05) is 28.7 Å². The number of hydrogen-bond acceptors (Lipinski definition) is 7. The molecule has 0 saturated carbocycles. The van der Waals surface area contributed by atoms with Crippen LogP contribution in [-0.2, 0) is 0 Å². The minimum atomic E-state index is -0.710. The minimum Gasteiger partial charge on any atom is -0.486 e. The van der Waals surface area contributed by atoms with Gasteiger partial charge in [-0.2, -0.15) is 0 Å². The van der Waals surface area contributed by atoms with E-state index in [0.29, 0.717) is 30.3 Å². The Bertz CT molecular complexity index is 1160. The Kier molecular flexibility index (Phi) is 5.71. The number of amides is 2. The third kappa shape index (κ3) is 4.36. The highest BCUT2D eigenvalue weighted by atomic mass is 19.1. The summed E-state index contributed by atoms with van der Waals surface area (Å²) in [6.07, 6.45) is 2.39. The van der Waals surface area contributed by atoms with E-state index in [2.05, 4.69) is 25.6 Å². The van der Waals surface area contributed by atoms with Crippen molar-refractivity contribution >= 4 is 29.2 Å². The number of ether oxygens (including phenoxy) is 1. The third-order valence-electron chi connectivity index (χ3n) is 4.82. The van der Waals surface area contributed by atoms with Gasteiger partial charge in [0.1, 0.15) is 18.1 Å². The number of anilines is 4. The minimum absolute atomic E-state index is 0.0644. The Morgan fingerprint density at radius 3 is 2.69 bits per heavy atom. The zero-order valence-electron chi connectivity index (χ0n) is 17.4. The van der Waals surface area contributed by atoms with Gasteiger partial charge in [-0.3, -0.25) is 0 Å². The number of primary amides is 1. The normalized spacial score (nSPS) is 12.8. The first-order chi connectivity index (χ1) is 15.3. The number of halogens is 2. The van der Waals surface area contributed by atoms with E-state index in [-0.39, 0.29) is 29.0 Å². The summed E-state index contributed by atoms with van der Waals surface area (Å²) in [5.41, 5.74) is 6.21. The highest BCUT2D eigenvalue weighted by Gasteiger charge is 2.25. The van der Waals surface area contributed by atoms with Crippen molar-refractivity contribution in [1.82, 2.24) is 15.0 Å². The smallest absolute Gasteiger partial charge is 0.316 e. The number of nitrogens with two attached hydrogens (primary N) is 1. The molecule has 0 saturated heterocycles. The Labute approximate surface area is 182 Å². The van der Waals surface area contributed by atoms with Gasteiger partial charge in [-0.15, -0.1) is 0 Å². The average Bonchev–Trinajstić information content (AvgIpc) is 2.75. The number of fused-ring (bicyclic) bond motifs is 1. The molecule has 0 bridgehead atoms. The van der Waals surface area contributed by atoms with Crippen LogP contribution in [0.15, 0.2) is 36.7 Å². The van der Waals surface area contributed by atoms with Crippen molar-refractivity contribution in [2.45, 2.75) is 19.9 Å². The quantitative estimate of drug-likeness (QED) is 0.553. The molecule has 1 aliphatic heterocycles. The molecule has 32 heavy (non-hydrogen) atoms. The first-order valence-corrected chi connectivity index (χ1v) is 9.87. The zero-order chi connectivity index (χ0) is 22.8. The van der Waals surface area contributed by atoms with Crippen LogP contribution in [0.2, 0.25) is 0 Å². The van der Waals surface area contributed by atoms with Crippen LogP contribution in [0.5, 0.6) is 5.75 Å². The van der Waals surface area contributed by atoms with Gasteiger partial charge in [-0.25, -0.2) is 28.5 Å². The summed E-state index contributed by atoms with van der Waals surface area (Å²) in [4.78, 5) is 25.1. The van der Waals surface area contributed by atoms with Gasteiger partial charge in [-0.1, -0.05) is 0 Å². The third-order valence-corrected chi connectivity index (χ3v) is 4.82. The molecule has 0 radical (unpaired) electrons. The maximum Gasteiger partial charge on any atom is 0.316 e. The van der Waals surface area contributed by atoms with E-state index in [1.54, 1.807) is 18.2 Å². The fourth-order valence-electron chi connectivity index (χ4n) is 3.40. The topological polar surface area (TPSA) is 118 Å². The SMILES string of the molecule is CC(C)N1CCOc2c(F)cc(-c3nc(Nc4ccc(NC(N)=O)cn4)ncc3F)cc21. The lowest BCUT2D eigenvalue weighted by Gasteiger charge is -2.34. The number of urea groups is 1. The summed E-state index contributed by atoms with van der Waals surface area (Å²) in [5, 5.41) is 5.25. The molecule has 4 N–H and O–H groups in total. The molecule has 0 atom stereocenters. The van der Waals surface area contributed by atoms with Gasteiger partial charge in [0.15, 0.2) is 17.4 Å². The van der Waals surface area contributed by atoms with E-state index in [9.17, 15) is 13.6 Å². The number of benzene rings is 1. The van der Waals surface area contributed by atoms with E-state index in [1.165, 1.54) is 12.3 Å². The van der Waals surface area contributed by atoms with Gasteiger partial charge in [0.25, 0.3) is 0 Å². The Morgan fingerprint density at radius 2 is 2.00 bits per heavy atom. The maximum atomic E-state index is 14.8. The fourth-order valence-corrected chi connectivity index (χ4v) is 3.40. The lowest BCUT2D eigenvalue weighted by atomic mass is 10.1. The Hall–Kier alpha value is -4.02. The first-order valence-electron chi connectivity index (χ1n) is 9.87. The number of hydrogen-bond donors (Lipinski definition) is 3. The highest BCUT2D eigenvalue weighted by Crippen LogP contribution is 2.39. The molecule has 2 amide bonds. The maximum absolute atomic E-state index is 14.8. The van der Waals surface area contributed by atoms with E-state index in [1.807, 2.05) is 18.7 Å². The van der Waals surface area contributed by atoms with E-state index in [0.717, 1.165) is 6.20 Å². The summed E-state index contributed by atoms with van der Waals surface area (Å²) in [7, 11) is 0. The number of pyridine rings is 1. The van der Waals surface area contributed by atoms with Crippen molar-refractivity contribution in [3.8, 4) is 17.0 Å². The van der Waals surface area contributed by atoms with E-state index < -0.39 is 17.7 Å².